The number of Topliss-reactive ketones (excluding diaryl/α,β-unsaturated/α-hetero) is 1. The first-order chi connectivity index (χ1) is 29.1. The van der Waals surface area contributed by atoms with E-state index in [1.807, 2.05) is 103 Å². The number of carbonyl (C=O) groups excluding carboxylic acids is 3. The van der Waals surface area contributed by atoms with Crippen LogP contribution < -0.4 is 26.1 Å². The molecule has 0 bridgehead atoms. The monoisotopic (exact) mass is 857 g/mol. The zero-order valence-corrected chi connectivity index (χ0v) is 38.8. The molecule has 2 N–H and O–H groups in total. The SMILES string of the molecule is CC[C@H](O)C(=O)N[C@@H](CO[Si](c1ccccc1)(c1ccccc1)C(C)(C)C)C(=O)C[C@@H](CCO[Si](c1ccccc1)(c1ccccc1)C(C)(C)C)C(=O)OCc1ccccc1. The van der Waals surface area contributed by atoms with Crippen LogP contribution in [0.5, 0.6) is 0 Å². The first-order valence-electron chi connectivity index (χ1n) is 21.4. The second-order valence-electron chi connectivity index (χ2n) is 17.7. The summed E-state index contributed by atoms with van der Waals surface area (Å²) in [6.45, 7) is 14.7. The number of aliphatic hydroxyl groups excluding tert-OH is 1. The van der Waals surface area contributed by atoms with Crippen LogP contribution in [0.15, 0.2) is 152 Å². The Hall–Kier alpha value is -4.98. The van der Waals surface area contributed by atoms with Crippen molar-refractivity contribution in [1.82, 2.24) is 5.32 Å². The minimum Gasteiger partial charge on any atom is -0.461 e. The highest BCUT2D eigenvalue weighted by atomic mass is 28.4. The maximum atomic E-state index is 14.8. The van der Waals surface area contributed by atoms with Gasteiger partial charge in [0.1, 0.15) is 18.8 Å². The molecule has 0 aliphatic carbocycles. The van der Waals surface area contributed by atoms with Crippen LogP contribution in [0.25, 0.3) is 0 Å². The third-order valence-corrected chi connectivity index (χ3v) is 21.5. The third kappa shape index (κ3) is 11.3. The zero-order valence-electron chi connectivity index (χ0n) is 36.8. The molecule has 10 heteroatoms. The number of esters is 1. The first kappa shape index (κ1) is 47.1. The number of hydrogen-bond acceptors (Lipinski definition) is 7. The number of aliphatic hydroxyl groups is 1. The van der Waals surface area contributed by atoms with E-state index in [-0.39, 0.29) is 44.1 Å². The summed E-state index contributed by atoms with van der Waals surface area (Å²) < 4.78 is 20.3. The van der Waals surface area contributed by atoms with Crippen LogP contribution in [0.1, 0.15) is 73.3 Å². The van der Waals surface area contributed by atoms with Crippen LogP contribution in [0.2, 0.25) is 10.1 Å². The van der Waals surface area contributed by atoms with Gasteiger partial charge < -0.3 is 24.0 Å². The maximum absolute atomic E-state index is 14.8. The summed E-state index contributed by atoms with van der Waals surface area (Å²) in [6.07, 6.45) is -1.21. The summed E-state index contributed by atoms with van der Waals surface area (Å²) in [7, 11) is -6.13. The van der Waals surface area contributed by atoms with Gasteiger partial charge in [0.2, 0.25) is 5.91 Å². The van der Waals surface area contributed by atoms with Crippen LogP contribution in [0.4, 0.5) is 0 Å². The predicted octanol–water partition coefficient (Wildman–Crippen LogP) is 7.10. The van der Waals surface area contributed by atoms with E-state index in [2.05, 4.69) is 95.4 Å². The highest BCUT2D eigenvalue weighted by Crippen LogP contribution is 2.38. The van der Waals surface area contributed by atoms with Gasteiger partial charge in [-0.3, -0.25) is 14.4 Å². The van der Waals surface area contributed by atoms with E-state index >= 15 is 0 Å². The van der Waals surface area contributed by atoms with Gasteiger partial charge in [-0.25, -0.2) is 0 Å². The molecule has 5 rings (SSSR count). The molecule has 0 radical (unpaired) electrons. The molecule has 0 spiro atoms. The van der Waals surface area contributed by atoms with E-state index in [1.165, 1.54) is 0 Å². The Labute approximate surface area is 365 Å². The molecule has 5 aromatic carbocycles. The predicted molar refractivity (Wildman–Crippen MR) is 249 cm³/mol. The van der Waals surface area contributed by atoms with Crippen molar-refractivity contribution in [2.24, 2.45) is 5.92 Å². The summed E-state index contributed by atoms with van der Waals surface area (Å²) >= 11 is 0. The fourth-order valence-electron chi connectivity index (χ4n) is 8.29. The lowest BCUT2D eigenvalue weighted by Crippen LogP contribution is -2.67. The fourth-order valence-corrected chi connectivity index (χ4v) is 17.4. The van der Waals surface area contributed by atoms with Crippen molar-refractivity contribution >= 4 is 55.0 Å². The Balaban J connectivity index is 1.50. The number of hydrogen-bond donors (Lipinski definition) is 2. The number of rotatable bonds is 20. The van der Waals surface area contributed by atoms with Gasteiger partial charge in [-0.05, 0) is 49.2 Å². The van der Waals surface area contributed by atoms with Gasteiger partial charge in [-0.2, -0.15) is 0 Å². The Bertz CT molecular complexity index is 2040. The molecule has 0 aliphatic rings. The molecule has 3 atom stereocenters. The molecule has 61 heavy (non-hydrogen) atoms. The van der Waals surface area contributed by atoms with E-state index in [1.54, 1.807) is 6.92 Å². The molecule has 0 saturated carbocycles. The van der Waals surface area contributed by atoms with Crippen LogP contribution in [0, 0.1) is 5.92 Å². The van der Waals surface area contributed by atoms with Crippen LogP contribution in [0.3, 0.4) is 0 Å². The lowest BCUT2D eigenvalue weighted by Gasteiger charge is -2.43. The van der Waals surface area contributed by atoms with Gasteiger partial charge in [-0.1, -0.05) is 200 Å². The summed E-state index contributed by atoms with van der Waals surface area (Å²) in [5, 5.41) is 17.0. The minimum atomic E-state index is -3.15. The van der Waals surface area contributed by atoms with Crippen LogP contribution >= 0.6 is 0 Å². The molecular formula is C51H63NO7Si2. The van der Waals surface area contributed by atoms with Crippen molar-refractivity contribution in [2.45, 2.75) is 96.6 Å². The Kier molecular flexibility index (Phi) is 16.4. The molecule has 5 aromatic rings. The fraction of sp³-hybridized carbons (Fsp3) is 0.353. The van der Waals surface area contributed by atoms with Gasteiger partial charge in [0.25, 0.3) is 16.6 Å². The highest BCUT2D eigenvalue weighted by Gasteiger charge is 2.52. The Morgan fingerprint density at radius 1 is 0.607 bits per heavy atom. The largest absolute Gasteiger partial charge is 0.461 e. The van der Waals surface area contributed by atoms with Crippen molar-refractivity contribution in [3.8, 4) is 0 Å². The normalized spacial score (nSPS) is 13.8. The average Bonchev–Trinajstić information content (AvgIpc) is 3.26. The van der Waals surface area contributed by atoms with Crippen molar-refractivity contribution < 1.29 is 33.1 Å². The molecule has 0 aromatic heterocycles. The third-order valence-electron chi connectivity index (χ3n) is 11.5. The van der Waals surface area contributed by atoms with Gasteiger partial charge in [-0.15, -0.1) is 0 Å². The van der Waals surface area contributed by atoms with Gasteiger partial charge >= 0.3 is 5.97 Å². The van der Waals surface area contributed by atoms with E-state index in [0.29, 0.717) is 0 Å². The van der Waals surface area contributed by atoms with Crippen molar-refractivity contribution in [3.63, 3.8) is 0 Å². The maximum Gasteiger partial charge on any atom is 0.309 e. The van der Waals surface area contributed by atoms with Gasteiger partial charge in [0.15, 0.2) is 5.78 Å². The van der Waals surface area contributed by atoms with E-state index in [0.717, 1.165) is 26.3 Å². The number of benzene rings is 5. The summed E-state index contributed by atoms with van der Waals surface area (Å²) in [5.41, 5.74) is 0.821. The smallest absolute Gasteiger partial charge is 0.309 e. The summed E-state index contributed by atoms with van der Waals surface area (Å²) in [5.74, 6) is -2.51. The number of ether oxygens (including phenoxy) is 1. The first-order valence-corrected chi connectivity index (χ1v) is 25.2. The Morgan fingerprint density at radius 2 is 1.00 bits per heavy atom. The van der Waals surface area contributed by atoms with Crippen molar-refractivity contribution in [3.05, 3.63) is 157 Å². The highest BCUT2D eigenvalue weighted by molar-refractivity contribution is 7.00. The van der Waals surface area contributed by atoms with Crippen molar-refractivity contribution in [2.75, 3.05) is 13.2 Å². The van der Waals surface area contributed by atoms with Crippen molar-refractivity contribution in [1.29, 1.82) is 0 Å². The standard InChI is InChI=1S/C51H63NO7Si2/c1-8-46(53)48(55)52-45(38-59-61(51(5,6)7,43-30-20-12-21-31-43)44-32-22-13-23-33-44)47(54)36-40(49(56)57-37-39-24-14-9-15-25-39)34-35-58-60(50(2,3)4,41-26-16-10-17-27-41)42-28-18-11-19-29-42/h9-33,40,45-46,53H,8,34-38H2,1-7H3,(H,52,55)/t40-,45+,46+/m1/s1. The van der Waals surface area contributed by atoms with Gasteiger partial charge in [0, 0.05) is 13.0 Å². The zero-order chi connectivity index (χ0) is 44.1. The van der Waals surface area contributed by atoms with E-state index < -0.39 is 57.4 Å². The molecule has 1 amide bonds. The summed E-state index contributed by atoms with van der Waals surface area (Å²) in [6, 6.07) is 48.9. The minimum absolute atomic E-state index is 0.0414. The lowest BCUT2D eigenvalue weighted by atomic mass is 9.96. The number of ketones is 1. The summed E-state index contributed by atoms with van der Waals surface area (Å²) in [4.78, 5) is 42.4. The molecule has 0 unspecified atom stereocenters. The van der Waals surface area contributed by atoms with Crippen LogP contribution in [-0.4, -0.2) is 64.8 Å². The average molecular weight is 858 g/mol. The lowest BCUT2D eigenvalue weighted by molar-refractivity contribution is -0.152. The number of nitrogens with one attached hydrogen (secondary N) is 1. The van der Waals surface area contributed by atoms with Crippen LogP contribution in [-0.2, 0) is 34.6 Å². The van der Waals surface area contributed by atoms with E-state index in [9.17, 15) is 19.5 Å². The number of amides is 1. The van der Waals surface area contributed by atoms with Gasteiger partial charge in [0.05, 0.1) is 12.5 Å². The second kappa shape index (κ2) is 21.2. The number of carbonyl (C=O) groups is 3. The molecule has 8 nitrogen and oxygen atoms in total. The Morgan fingerprint density at radius 3 is 1.39 bits per heavy atom. The molecule has 322 valence electrons. The molecule has 0 saturated heterocycles. The molecule has 0 heterocycles. The molecule has 0 aliphatic heterocycles. The molecular weight excluding hydrogens is 795 g/mol. The molecule has 0 fully saturated rings. The van der Waals surface area contributed by atoms with E-state index in [4.69, 9.17) is 13.6 Å². The second-order valence-corrected chi connectivity index (χ2v) is 26.3. The topological polar surface area (TPSA) is 111 Å². The quantitative estimate of drug-likeness (QED) is 0.0635.